The molecule has 224 valence electrons. The monoisotopic (exact) mass is 593 g/mol. The van der Waals surface area contributed by atoms with Gasteiger partial charge in [-0.15, -0.1) is 0 Å². The number of fused-ring (bicyclic) bond motifs is 2. The van der Waals surface area contributed by atoms with Crippen LogP contribution in [0.2, 0.25) is 0 Å². The minimum Gasteiger partial charge on any atom is -0.377 e. The summed E-state index contributed by atoms with van der Waals surface area (Å²) < 4.78 is 0. The zero-order valence-electron chi connectivity index (χ0n) is 24.4. The van der Waals surface area contributed by atoms with E-state index in [0.29, 0.717) is 25.1 Å². The van der Waals surface area contributed by atoms with Crippen molar-refractivity contribution in [2.24, 2.45) is 11.3 Å². The molecule has 1 aromatic carbocycles. The lowest BCUT2D eigenvalue weighted by molar-refractivity contribution is -0.136. The molecule has 2 atom stereocenters. The number of nitrogens with one attached hydrogen (secondary N) is 4. The van der Waals surface area contributed by atoms with Gasteiger partial charge in [-0.25, -0.2) is 0 Å². The summed E-state index contributed by atoms with van der Waals surface area (Å²) >= 11 is 0. The Balaban J connectivity index is 1.04. The summed E-state index contributed by atoms with van der Waals surface area (Å²) in [5, 5.41) is 25.3. The number of rotatable bonds is 7. The Morgan fingerprint density at radius 3 is 2.57 bits per heavy atom. The molecule has 0 radical (unpaired) electrons. The molecule has 1 saturated carbocycles. The van der Waals surface area contributed by atoms with E-state index in [0.717, 1.165) is 40.9 Å². The Morgan fingerprint density at radius 2 is 1.91 bits per heavy atom. The van der Waals surface area contributed by atoms with Gasteiger partial charge in [0.2, 0.25) is 17.7 Å². The Hall–Kier alpha value is -5.23. The minimum absolute atomic E-state index is 0.00921. The highest BCUT2D eigenvalue weighted by molar-refractivity contribution is 6.23. The van der Waals surface area contributed by atoms with E-state index in [1.54, 1.807) is 38.2 Å². The molecule has 3 heterocycles. The van der Waals surface area contributed by atoms with Crippen LogP contribution in [-0.4, -0.2) is 65.3 Å². The normalized spacial score (nSPS) is 24.5. The van der Waals surface area contributed by atoms with Crippen LogP contribution in [0.4, 0.5) is 5.69 Å². The molecule has 2 unspecified atom stereocenters. The molecule has 0 spiro atoms. The van der Waals surface area contributed by atoms with Crippen LogP contribution in [0.5, 0.6) is 0 Å². The number of nitrogens with zero attached hydrogens (tertiary/aromatic N) is 3. The van der Waals surface area contributed by atoms with E-state index in [4.69, 9.17) is 5.41 Å². The molecule has 1 aromatic rings. The fourth-order valence-electron chi connectivity index (χ4n) is 6.04. The molecule has 3 fully saturated rings. The highest BCUT2D eigenvalue weighted by atomic mass is 16.2. The van der Waals surface area contributed by atoms with Crippen LogP contribution < -0.4 is 20.9 Å². The molecule has 12 heteroatoms. The molecule has 44 heavy (non-hydrogen) atoms. The predicted octanol–water partition coefficient (Wildman–Crippen LogP) is 1.51. The molecule has 2 saturated heterocycles. The second-order valence-electron chi connectivity index (χ2n) is 12.3. The average molecular weight is 594 g/mol. The predicted molar refractivity (Wildman–Crippen MR) is 158 cm³/mol. The average Bonchev–Trinajstić information content (AvgIpc) is 3.53. The number of anilines is 1. The van der Waals surface area contributed by atoms with Crippen LogP contribution in [0, 0.1) is 39.9 Å². The van der Waals surface area contributed by atoms with Crippen molar-refractivity contribution in [3.8, 4) is 17.9 Å². The lowest BCUT2D eigenvalue weighted by Gasteiger charge is -2.38. The number of nitriles is 1. The lowest BCUT2D eigenvalue weighted by Crippen LogP contribution is -2.54. The first kappa shape index (κ1) is 28.9. The second kappa shape index (κ2) is 10.5. The van der Waals surface area contributed by atoms with Crippen LogP contribution in [0.1, 0.15) is 66.7 Å². The molecule has 3 aliphatic heterocycles. The van der Waals surface area contributed by atoms with Gasteiger partial charge in [-0.3, -0.25) is 34.2 Å². The quantitative estimate of drug-likeness (QED) is 0.209. The topological polar surface area (TPSA) is 176 Å². The third-order valence-electron chi connectivity index (χ3n) is 8.98. The van der Waals surface area contributed by atoms with E-state index in [1.165, 1.54) is 0 Å². The molecule has 0 aromatic heterocycles. The first-order chi connectivity index (χ1) is 21.0. The Kier molecular flexibility index (Phi) is 6.88. The molecule has 4 N–H and O–H groups in total. The smallest absolute Gasteiger partial charge is 0.262 e. The van der Waals surface area contributed by atoms with Crippen molar-refractivity contribution in [3.05, 3.63) is 52.4 Å². The summed E-state index contributed by atoms with van der Waals surface area (Å²) in [6, 6.07) is 6.34. The van der Waals surface area contributed by atoms with Crippen molar-refractivity contribution < 1.29 is 24.0 Å². The maximum atomic E-state index is 13.1. The zero-order chi connectivity index (χ0) is 31.4. The van der Waals surface area contributed by atoms with Gasteiger partial charge in [0.1, 0.15) is 11.6 Å². The third-order valence-corrected chi connectivity index (χ3v) is 8.98. The highest BCUT2D eigenvalue weighted by Gasteiger charge is 2.55. The first-order valence-electron chi connectivity index (χ1n) is 14.5. The van der Waals surface area contributed by atoms with Crippen LogP contribution in [0.15, 0.2) is 41.2 Å². The van der Waals surface area contributed by atoms with Gasteiger partial charge in [-0.1, -0.05) is 11.8 Å². The van der Waals surface area contributed by atoms with Crippen LogP contribution in [0.25, 0.3) is 0 Å². The molecule has 6 rings (SSSR count). The first-order valence-corrected chi connectivity index (χ1v) is 14.5. The lowest BCUT2D eigenvalue weighted by atomic mass is 9.98. The number of piperidine rings is 1. The molecular formula is C32H31N7O5. The summed E-state index contributed by atoms with van der Waals surface area (Å²) in [7, 11) is 0. The molecule has 5 amide bonds. The van der Waals surface area contributed by atoms with Crippen molar-refractivity contribution in [2.75, 3.05) is 18.0 Å². The standard InChI is InChI=1S/C32H31N7O5/c1-31(2,30(44)36-24-9-10-32(17-34)12-23(24)32)35-14-18(13-33)3-4-19-15-38(16-19)20-5-6-21-22(11-20)29(43)39(28(21)42)25-7-8-26(40)37-27(25)41/h5-6,11,13-14,19,25,33,35H,7-10,12,15-16H2,1-2H3,(H,36,44)(H,37,40,41)/b18-14-,33-13?. The number of carbonyl (C=O) groups is 5. The molecule has 0 bridgehead atoms. The Labute approximate surface area is 254 Å². The summed E-state index contributed by atoms with van der Waals surface area (Å²) in [6.07, 6.45) is 5.01. The molecule has 2 aliphatic carbocycles. The summed E-state index contributed by atoms with van der Waals surface area (Å²) in [4.78, 5) is 65.7. The Morgan fingerprint density at radius 1 is 1.16 bits per heavy atom. The van der Waals surface area contributed by atoms with Crippen molar-refractivity contribution >= 4 is 41.4 Å². The van der Waals surface area contributed by atoms with Crippen molar-refractivity contribution in [3.63, 3.8) is 0 Å². The number of imide groups is 2. The van der Waals surface area contributed by atoms with Crippen LogP contribution in [0.3, 0.4) is 0 Å². The number of hydrogen-bond donors (Lipinski definition) is 4. The van der Waals surface area contributed by atoms with Crippen molar-refractivity contribution in [1.82, 2.24) is 20.9 Å². The van der Waals surface area contributed by atoms with Crippen molar-refractivity contribution in [1.29, 1.82) is 10.7 Å². The molecular weight excluding hydrogens is 562 g/mol. The molecule has 5 aliphatic rings. The van der Waals surface area contributed by atoms with Crippen molar-refractivity contribution in [2.45, 2.75) is 57.5 Å². The highest BCUT2D eigenvalue weighted by Crippen LogP contribution is 2.61. The van der Waals surface area contributed by atoms with Crippen LogP contribution in [-0.2, 0) is 14.4 Å². The number of carbonyl (C=O) groups excluding carboxylic acids is 5. The van der Waals surface area contributed by atoms with E-state index < -0.39 is 35.2 Å². The van der Waals surface area contributed by atoms with Gasteiger partial charge < -0.3 is 20.9 Å². The summed E-state index contributed by atoms with van der Waals surface area (Å²) in [5.74, 6) is 3.77. The SMILES string of the molecule is CC(C)(N/C=C(/C#CC1CN(c2ccc3c(c2)C(=O)N(C2CCC(=O)NC2=O)C3=O)C1)C=N)C(=O)NC1=C2CC2(C#N)CC1. The molecule has 12 nitrogen and oxygen atoms in total. The van der Waals surface area contributed by atoms with E-state index in [-0.39, 0.29) is 41.2 Å². The second-order valence-corrected chi connectivity index (χ2v) is 12.3. The number of allylic oxidation sites excluding steroid dienone is 3. The largest absolute Gasteiger partial charge is 0.377 e. The maximum Gasteiger partial charge on any atom is 0.262 e. The Bertz CT molecular complexity index is 1720. The van der Waals surface area contributed by atoms with E-state index >= 15 is 0 Å². The fraction of sp³-hybridized carbons (Fsp3) is 0.406. The van der Waals surface area contributed by atoms with Gasteiger partial charge in [0.15, 0.2) is 0 Å². The summed E-state index contributed by atoms with van der Waals surface area (Å²) in [6.45, 7) is 4.64. The maximum absolute atomic E-state index is 13.1. The van der Waals surface area contributed by atoms with E-state index in [9.17, 15) is 29.2 Å². The van der Waals surface area contributed by atoms with Gasteiger partial charge >= 0.3 is 0 Å². The third kappa shape index (κ3) is 4.92. The summed E-state index contributed by atoms with van der Waals surface area (Å²) in [5.41, 5.74) is 2.17. The number of benzene rings is 1. The van der Waals surface area contributed by atoms with Gasteiger partial charge in [-0.05, 0) is 63.3 Å². The van der Waals surface area contributed by atoms with Gasteiger partial charge in [0, 0.05) is 43.3 Å². The van der Waals surface area contributed by atoms with Crippen LogP contribution >= 0.6 is 0 Å². The van der Waals surface area contributed by atoms with E-state index in [2.05, 4.69) is 33.9 Å². The van der Waals surface area contributed by atoms with E-state index in [1.807, 2.05) is 4.90 Å². The zero-order valence-corrected chi connectivity index (χ0v) is 24.4. The fourth-order valence-corrected chi connectivity index (χ4v) is 6.04. The van der Waals surface area contributed by atoms with Gasteiger partial charge in [-0.2, -0.15) is 5.26 Å². The number of hydrogen-bond acceptors (Lipinski definition) is 9. The number of amides is 5. The van der Waals surface area contributed by atoms with Gasteiger partial charge in [0.05, 0.1) is 34.1 Å². The van der Waals surface area contributed by atoms with Gasteiger partial charge in [0.25, 0.3) is 11.8 Å². The minimum atomic E-state index is -1.01.